The third kappa shape index (κ3) is 41.5. The van der Waals surface area contributed by atoms with Crippen molar-refractivity contribution in [1.29, 1.82) is 0 Å². The van der Waals surface area contributed by atoms with Gasteiger partial charge in [-0.1, -0.05) is 179 Å². The van der Waals surface area contributed by atoms with E-state index >= 15 is 0 Å². The first-order valence-electron chi connectivity index (χ1n) is 23.8. The molecule has 0 aromatic rings. The lowest BCUT2D eigenvalue weighted by Gasteiger charge is -2.20. The van der Waals surface area contributed by atoms with E-state index < -0.39 is 12.1 Å². The van der Waals surface area contributed by atoms with Crippen LogP contribution in [0.3, 0.4) is 0 Å². The number of hydrogen-bond donors (Lipinski definition) is 3. The van der Waals surface area contributed by atoms with Crippen LogP contribution >= 0.6 is 0 Å². The van der Waals surface area contributed by atoms with Crippen molar-refractivity contribution in [3.63, 3.8) is 0 Å². The third-order valence-corrected chi connectivity index (χ3v) is 10.6. The van der Waals surface area contributed by atoms with Crippen LogP contribution in [0.25, 0.3) is 0 Å². The average molecular weight is 774 g/mol. The fourth-order valence-electron chi connectivity index (χ4n) is 6.91. The van der Waals surface area contributed by atoms with E-state index in [2.05, 4.69) is 43.5 Å². The first-order chi connectivity index (χ1) is 27.0. The molecule has 2 unspecified atom stereocenters. The molecule has 6 heteroatoms. The van der Waals surface area contributed by atoms with Gasteiger partial charge in [-0.15, -0.1) is 0 Å². The molecule has 0 aromatic carbocycles. The normalized spacial score (nSPS) is 13.0. The molecule has 0 spiro atoms. The molecule has 0 aliphatic carbocycles. The Hall–Kier alpha value is -1.92. The van der Waals surface area contributed by atoms with Gasteiger partial charge in [0.05, 0.1) is 25.4 Å². The molecule has 55 heavy (non-hydrogen) atoms. The molecule has 2 atom stereocenters. The predicted molar refractivity (Wildman–Crippen MR) is 236 cm³/mol. The number of amides is 1. The first-order valence-corrected chi connectivity index (χ1v) is 23.8. The van der Waals surface area contributed by atoms with Gasteiger partial charge in [-0.3, -0.25) is 9.59 Å². The molecular weight excluding hydrogens is 683 g/mol. The van der Waals surface area contributed by atoms with Crippen LogP contribution in [0.1, 0.15) is 239 Å². The number of aliphatic hydroxyl groups excluding tert-OH is 2. The summed E-state index contributed by atoms with van der Waals surface area (Å²) in [5.41, 5.74) is 0. The highest BCUT2D eigenvalue weighted by atomic mass is 16.5. The molecular formula is C49H91NO5. The van der Waals surface area contributed by atoms with E-state index in [9.17, 15) is 19.8 Å². The van der Waals surface area contributed by atoms with Gasteiger partial charge in [0.15, 0.2) is 0 Å². The van der Waals surface area contributed by atoms with Crippen molar-refractivity contribution in [2.45, 2.75) is 251 Å². The minimum Gasteiger partial charge on any atom is -0.466 e. The lowest BCUT2D eigenvalue weighted by molar-refractivity contribution is -0.143. The third-order valence-electron chi connectivity index (χ3n) is 10.6. The van der Waals surface area contributed by atoms with E-state index in [4.69, 9.17) is 4.74 Å². The summed E-state index contributed by atoms with van der Waals surface area (Å²) in [6.45, 7) is 4.79. The molecule has 0 aliphatic rings. The molecule has 0 saturated heterocycles. The summed E-state index contributed by atoms with van der Waals surface area (Å²) in [7, 11) is 0. The van der Waals surface area contributed by atoms with Crippen molar-refractivity contribution in [1.82, 2.24) is 5.32 Å². The van der Waals surface area contributed by atoms with E-state index in [1.807, 2.05) is 6.08 Å². The van der Waals surface area contributed by atoms with Crippen LogP contribution in [0.5, 0.6) is 0 Å². The number of carbonyl (C=O) groups excluding carboxylic acids is 2. The SMILES string of the molecule is CCCCCCCCC/C=C\CCCCCCCC(=O)OCCCC/C=C\CCCCCCCC(=O)NC(CO)C(O)/C=C/CCCCCCCCCCC. The molecule has 0 fully saturated rings. The summed E-state index contributed by atoms with van der Waals surface area (Å²) in [6, 6.07) is -0.648. The number of esters is 1. The Morgan fingerprint density at radius 2 is 0.855 bits per heavy atom. The summed E-state index contributed by atoms with van der Waals surface area (Å²) in [6.07, 6.45) is 52.8. The van der Waals surface area contributed by atoms with E-state index in [1.165, 1.54) is 128 Å². The summed E-state index contributed by atoms with van der Waals surface area (Å²) in [5, 5.41) is 22.9. The van der Waals surface area contributed by atoms with Gasteiger partial charge in [0.2, 0.25) is 5.91 Å². The monoisotopic (exact) mass is 774 g/mol. The van der Waals surface area contributed by atoms with Gasteiger partial charge in [-0.25, -0.2) is 0 Å². The Balaban J connectivity index is 3.55. The maximum atomic E-state index is 12.4. The fourth-order valence-corrected chi connectivity index (χ4v) is 6.91. The fraction of sp³-hybridized carbons (Fsp3) is 0.837. The second kappa shape index (κ2) is 44.8. The zero-order valence-electron chi connectivity index (χ0n) is 36.4. The van der Waals surface area contributed by atoms with Crippen LogP contribution in [0.15, 0.2) is 36.5 Å². The smallest absolute Gasteiger partial charge is 0.305 e. The lowest BCUT2D eigenvalue weighted by Crippen LogP contribution is -2.45. The molecule has 0 aliphatic heterocycles. The number of unbranched alkanes of at least 4 members (excludes halogenated alkanes) is 28. The van der Waals surface area contributed by atoms with Crippen LogP contribution in [-0.2, 0) is 14.3 Å². The highest BCUT2D eigenvalue weighted by molar-refractivity contribution is 5.76. The van der Waals surface area contributed by atoms with Crippen molar-refractivity contribution in [2.24, 2.45) is 0 Å². The van der Waals surface area contributed by atoms with Crippen LogP contribution in [0.4, 0.5) is 0 Å². The van der Waals surface area contributed by atoms with Gasteiger partial charge in [-0.2, -0.15) is 0 Å². The standard InChI is InChI=1S/C49H91NO5/c1-3-5-7-9-11-13-15-16-17-18-19-23-27-31-35-39-43-49(54)55-44-40-36-32-28-24-20-22-26-30-34-38-42-48(53)50-46(45-51)47(52)41-37-33-29-25-21-14-12-10-8-6-4-2/h17-18,24,28,37,41,46-47,51-52H,3-16,19-23,25-27,29-36,38-40,42-45H2,1-2H3,(H,50,53)/b18-17-,28-24-,41-37+. The Morgan fingerprint density at radius 1 is 0.491 bits per heavy atom. The minimum absolute atomic E-state index is 0.0416. The Morgan fingerprint density at radius 3 is 1.29 bits per heavy atom. The van der Waals surface area contributed by atoms with E-state index in [1.54, 1.807) is 6.08 Å². The van der Waals surface area contributed by atoms with Crippen molar-refractivity contribution in [3.05, 3.63) is 36.5 Å². The number of rotatable bonds is 43. The van der Waals surface area contributed by atoms with Crippen LogP contribution in [0, 0.1) is 0 Å². The number of hydrogen-bond acceptors (Lipinski definition) is 5. The molecule has 0 bridgehead atoms. The van der Waals surface area contributed by atoms with Gasteiger partial charge < -0.3 is 20.3 Å². The number of aliphatic hydroxyl groups is 2. The van der Waals surface area contributed by atoms with Crippen molar-refractivity contribution in [2.75, 3.05) is 13.2 Å². The van der Waals surface area contributed by atoms with Crippen molar-refractivity contribution >= 4 is 11.9 Å². The molecule has 0 heterocycles. The second-order valence-electron chi connectivity index (χ2n) is 16.1. The Kier molecular flexibility index (Phi) is 43.2. The number of allylic oxidation sites excluding steroid dienone is 5. The topological polar surface area (TPSA) is 95.9 Å². The largest absolute Gasteiger partial charge is 0.466 e. The molecule has 322 valence electrons. The summed E-state index contributed by atoms with van der Waals surface area (Å²) < 4.78 is 5.43. The summed E-state index contributed by atoms with van der Waals surface area (Å²) >= 11 is 0. The van der Waals surface area contributed by atoms with E-state index in [-0.39, 0.29) is 18.5 Å². The minimum atomic E-state index is -0.861. The number of carbonyl (C=O) groups is 2. The summed E-state index contributed by atoms with van der Waals surface area (Å²) in [5.74, 6) is -0.142. The molecule has 0 aromatic heterocycles. The van der Waals surface area contributed by atoms with Crippen LogP contribution < -0.4 is 5.32 Å². The van der Waals surface area contributed by atoms with Gasteiger partial charge in [-0.05, 0) is 83.5 Å². The Labute approximate surface area is 341 Å². The maximum Gasteiger partial charge on any atom is 0.305 e. The Bertz CT molecular complexity index is 900. The van der Waals surface area contributed by atoms with Crippen LogP contribution in [0.2, 0.25) is 0 Å². The highest BCUT2D eigenvalue weighted by Gasteiger charge is 2.18. The lowest BCUT2D eigenvalue weighted by atomic mass is 10.1. The van der Waals surface area contributed by atoms with Gasteiger partial charge in [0.25, 0.3) is 0 Å². The molecule has 0 radical (unpaired) electrons. The maximum absolute atomic E-state index is 12.4. The second-order valence-corrected chi connectivity index (χ2v) is 16.1. The van der Waals surface area contributed by atoms with Crippen LogP contribution in [-0.4, -0.2) is 47.4 Å². The van der Waals surface area contributed by atoms with Gasteiger partial charge in [0.1, 0.15) is 0 Å². The molecule has 6 nitrogen and oxygen atoms in total. The zero-order valence-corrected chi connectivity index (χ0v) is 36.4. The molecule has 3 N–H and O–H groups in total. The molecule has 1 amide bonds. The number of ether oxygens (including phenoxy) is 1. The zero-order chi connectivity index (χ0) is 40.1. The first kappa shape index (κ1) is 53.1. The molecule has 0 saturated carbocycles. The highest BCUT2D eigenvalue weighted by Crippen LogP contribution is 2.13. The quantitative estimate of drug-likeness (QED) is 0.0326. The van der Waals surface area contributed by atoms with Gasteiger partial charge in [0, 0.05) is 12.8 Å². The summed E-state index contributed by atoms with van der Waals surface area (Å²) in [4.78, 5) is 24.4. The molecule has 0 rings (SSSR count). The number of nitrogens with one attached hydrogen (secondary N) is 1. The van der Waals surface area contributed by atoms with E-state index in [0.29, 0.717) is 19.4 Å². The van der Waals surface area contributed by atoms with E-state index in [0.717, 1.165) is 83.5 Å². The van der Waals surface area contributed by atoms with Gasteiger partial charge >= 0.3 is 5.97 Å². The predicted octanol–water partition coefficient (Wildman–Crippen LogP) is 13.7. The average Bonchev–Trinajstić information content (AvgIpc) is 3.18. The van der Waals surface area contributed by atoms with Crippen molar-refractivity contribution < 1.29 is 24.5 Å². The van der Waals surface area contributed by atoms with Crippen molar-refractivity contribution in [3.8, 4) is 0 Å².